The van der Waals surface area contributed by atoms with Gasteiger partial charge in [-0.05, 0) is 55.3 Å². The van der Waals surface area contributed by atoms with E-state index in [9.17, 15) is 24.3 Å². The molecule has 1 atom stereocenters. The van der Waals surface area contributed by atoms with Crippen LogP contribution < -0.4 is 30.3 Å². The number of hydrogen-bond donors (Lipinski definition) is 4. The number of carboxylic acid groups (broad SMARTS) is 1. The summed E-state index contributed by atoms with van der Waals surface area (Å²) in [5.74, 6) is -0.452. The van der Waals surface area contributed by atoms with E-state index in [1.807, 2.05) is 26.0 Å². The summed E-state index contributed by atoms with van der Waals surface area (Å²) in [7, 11) is 0. The Morgan fingerprint density at radius 2 is 1.60 bits per heavy atom. The molecule has 45 heavy (non-hydrogen) atoms. The van der Waals surface area contributed by atoms with E-state index in [1.54, 1.807) is 53.4 Å². The highest BCUT2D eigenvalue weighted by Crippen LogP contribution is 2.33. The third-order valence-electron chi connectivity index (χ3n) is 7.73. The summed E-state index contributed by atoms with van der Waals surface area (Å²) in [6.07, 6.45) is 0.471. The predicted octanol–water partition coefficient (Wildman–Crippen LogP) is 4.16. The first-order chi connectivity index (χ1) is 21.7. The molecule has 1 fully saturated rings. The lowest BCUT2D eigenvalue weighted by atomic mass is 10.0. The van der Waals surface area contributed by atoms with Crippen molar-refractivity contribution in [2.45, 2.75) is 32.7 Å². The summed E-state index contributed by atoms with van der Waals surface area (Å²) >= 11 is 0. The van der Waals surface area contributed by atoms with Crippen LogP contribution in [0.1, 0.15) is 57.7 Å². The zero-order chi connectivity index (χ0) is 31.9. The summed E-state index contributed by atoms with van der Waals surface area (Å²) in [5.41, 5.74) is 3.61. The number of aliphatic carboxylic acids is 1. The molecule has 12 nitrogen and oxygen atoms in total. The van der Waals surface area contributed by atoms with E-state index in [2.05, 4.69) is 20.9 Å². The van der Waals surface area contributed by atoms with E-state index in [0.717, 1.165) is 12.0 Å². The van der Waals surface area contributed by atoms with Gasteiger partial charge in [-0.1, -0.05) is 36.8 Å². The van der Waals surface area contributed by atoms with Crippen LogP contribution in [0.5, 0.6) is 11.5 Å². The largest absolute Gasteiger partial charge is 0.481 e. The Morgan fingerprint density at radius 3 is 2.31 bits per heavy atom. The van der Waals surface area contributed by atoms with Crippen LogP contribution in [0.4, 0.5) is 16.2 Å². The number of nitrogens with zero attached hydrogens (tertiary/aromatic N) is 2. The molecule has 0 saturated carbocycles. The molecule has 236 valence electrons. The van der Waals surface area contributed by atoms with Crippen molar-refractivity contribution < 1.29 is 33.8 Å². The van der Waals surface area contributed by atoms with E-state index >= 15 is 0 Å². The minimum absolute atomic E-state index is 0.109. The second kappa shape index (κ2) is 14.0. The van der Waals surface area contributed by atoms with Gasteiger partial charge >= 0.3 is 12.0 Å². The average molecular weight is 616 g/mol. The molecule has 1 saturated heterocycles. The summed E-state index contributed by atoms with van der Waals surface area (Å²) in [4.78, 5) is 54.7. The first-order valence-corrected chi connectivity index (χ1v) is 14.9. The van der Waals surface area contributed by atoms with E-state index in [4.69, 9.17) is 9.47 Å². The molecule has 2 aliphatic rings. The van der Waals surface area contributed by atoms with Gasteiger partial charge in [-0.2, -0.15) is 0 Å². The Hall–Kier alpha value is -5.26. The third-order valence-corrected chi connectivity index (χ3v) is 7.73. The van der Waals surface area contributed by atoms with E-state index in [0.29, 0.717) is 66.7 Å². The summed E-state index contributed by atoms with van der Waals surface area (Å²) in [6, 6.07) is 16.3. The van der Waals surface area contributed by atoms with Crippen LogP contribution >= 0.6 is 0 Å². The molecule has 0 aliphatic carbocycles. The van der Waals surface area contributed by atoms with Crippen molar-refractivity contribution in [3.8, 4) is 11.5 Å². The molecule has 5 rings (SSSR count). The lowest BCUT2D eigenvalue weighted by Gasteiger charge is -2.37. The molecule has 0 bridgehead atoms. The molecule has 2 heterocycles. The molecule has 0 radical (unpaired) electrons. The van der Waals surface area contributed by atoms with Crippen LogP contribution in [0.2, 0.25) is 0 Å². The quantitative estimate of drug-likeness (QED) is 0.266. The molecule has 2 aliphatic heterocycles. The van der Waals surface area contributed by atoms with Gasteiger partial charge in [-0.25, -0.2) is 4.79 Å². The van der Waals surface area contributed by atoms with E-state index < -0.39 is 23.9 Å². The van der Waals surface area contributed by atoms with Crippen LogP contribution in [0.3, 0.4) is 0 Å². The number of fused-ring (bicyclic) bond motifs is 1. The van der Waals surface area contributed by atoms with Gasteiger partial charge < -0.3 is 40.3 Å². The van der Waals surface area contributed by atoms with Gasteiger partial charge in [0.1, 0.15) is 0 Å². The number of benzene rings is 3. The van der Waals surface area contributed by atoms with Gasteiger partial charge in [0.25, 0.3) is 11.8 Å². The highest BCUT2D eigenvalue weighted by atomic mass is 16.7. The van der Waals surface area contributed by atoms with Crippen molar-refractivity contribution >= 4 is 35.2 Å². The topological polar surface area (TPSA) is 150 Å². The van der Waals surface area contributed by atoms with Crippen molar-refractivity contribution in [2.24, 2.45) is 0 Å². The van der Waals surface area contributed by atoms with Crippen molar-refractivity contribution in [1.29, 1.82) is 0 Å². The molecule has 0 spiro atoms. The minimum Gasteiger partial charge on any atom is -0.481 e. The van der Waals surface area contributed by atoms with Gasteiger partial charge in [0.15, 0.2) is 11.5 Å². The molecule has 1 unspecified atom stereocenters. The Labute approximate surface area is 261 Å². The number of urea groups is 1. The number of carbonyl (C=O) groups excluding carboxylic acids is 3. The van der Waals surface area contributed by atoms with Gasteiger partial charge in [0.2, 0.25) is 6.79 Å². The van der Waals surface area contributed by atoms with Crippen LogP contribution in [0.25, 0.3) is 0 Å². The fourth-order valence-corrected chi connectivity index (χ4v) is 5.29. The van der Waals surface area contributed by atoms with Crippen molar-refractivity contribution in [3.05, 3.63) is 82.9 Å². The number of carbonyl (C=O) groups is 4. The smallest absolute Gasteiger partial charge is 0.319 e. The highest BCUT2D eigenvalue weighted by molar-refractivity contribution is 6.00. The molecule has 4 amide bonds. The maximum atomic E-state index is 13.4. The number of ether oxygens (including phenoxy) is 2. The zero-order valence-electron chi connectivity index (χ0n) is 25.3. The van der Waals surface area contributed by atoms with Crippen LogP contribution in [-0.2, 0) is 4.79 Å². The minimum atomic E-state index is -1.04. The second-order valence-electron chi connectivity index (χ2n) is 11.0. The maximum absolute atomic E-state index is 13.4. The lowest BCUT2D eigenvalue weighted by molar-refractivity contribution is -0.137. The second-order valence-corrected chi connectivity index (χ2v) is 11.0. The number of amides is 4. The van der Waals surface area contributed by atoms with Crippen molar-refractivity contribution in [2.75, 3.05) is 49.7 Å². The fraction of sp³-hybridized carbons (Fsp3) is 0.333. The van der Waals surface area contributed by atoms with Crippen molar-refractivity contribution in [1.82, 2.24) is 15.5 Å². The number of hydrogen-bond acceptors (Lipinski definition) is 7. The number of anilines is 2. The normalized spacial score (nSPS) is 14.4. The average Bonchev–Trinajstić information content (AvgIpc) is 3.51. The van der Waals surface area contributed by atoms with Crippen LogP contribution in [-0.4, -0.2) is 73.3 Å². The van der Waals surface area contributed by atoms with Crippen molar-refractivity contribution in [3.63, 3.8) is 0 Å². The Kier molecular flexibility index (Phi) is 9.71. The number of aryl methyl sites for hydroxylation is 1. The van der Waals surface area contributed by atoms with Gasteiger partial charge in [0, 0.05) is 43.9 Å². The fourth-order valence-electron chi connectivity index (χ4n) is 5.29. The molecule has 0 aromatic heterocycles. The van der Waals surface area contributed by atoms with Gasteiger partial charge in [0.05, 0.1) is 23.8 Å². The molecule has 12 heteroatoms. The summed E-state index contributed by atoms with van der Waals surface area (Å²) in [6.45, 7) is 6.39. The molecule has 3 aromatic carbocycles. The van der Waals surface area contributed by atoms with Crippen LogP contribution in [0, 0.1) is 6.92 Å². The van der Waals surface area contributed by atoms with Crippen LogP contribution in [0.15, 0.2) is 60.7 Å². The third kappa shape index (κ3) is 7.64. The number of piperazine rings is 1. The summed E-state index contributed by atoms with van der Waals surface area (Å²) < 4.78 is 10.8. The monoisotopic (exact) mass is 615 g/mol. The lowest BCUT2D eigenvalue weighted by Crippen LogP contribution is -2.49. The Morgan fingerprint density at radius 1 is 0.889 bits per heavy atom. The first kappa shape index (κ1) is 31.2. The van der Waals surface area contributed by atoms with Gasteiger partial charge in [-0.3, -0.25) is 14.4 Å². The van der Waals surface area contributed by atoms with E-state index in [1.165, 1.54) is 0 Å². The highest BCUT2D eigenvalue weighted by Gasteiger charge is 2.27. The zero-order valence-corrected chi connectivity index (χ0v) is 25.3. The number of nitrogens with one attached hydrogen (secondary N) is 3. The Bertz CT molecular complexity index is 1570. The van der Waals surface area contributed by atoms with Gasteiger partial charge in [-0.15, -0.1) is 0 Å². The molecular formula is C33H37N5O7. The number of rotatable bonds is 10. The molecule has 3 aromatic rings. The van der Waals surface area contributed by atoms with E-state index in [-0.39, 0.29) is 24.7 Å². The molecule has 4 N–H and O–H groups in total. The number of carboxylic acids is 1. The standard InChI is InChI=1S/C33H37N5O7/c1-3-12-34-33(43)36-26-17-23(31(41)35-25(19-30(39)40)22-6-4-21(2)5-7-22)8-10-27(26)37-13-15-38(16-14-37)32(42)24-9-11-28-29(18-24)45-20-44-28/h4-11,17-18,25H,3,12-16,19-20H2,1-2H3,(H,35,41)(H,39,40)(H2,34,36,43). The molecular weight excluding hydrogens is 578 g/mol. The summed E-state index contributed by atoms with van der Waals surface area (Å²) in [5, 5.41) is 18.0. The Balaban J connectivity index is 1.32. The maximum Gasteiger partial charge on any atom is 0.319 e. The predicted molar refractivity (Wildman–Crippen MR) is 168 cm³/mol. The SMILES string of the molecule is CCCNC(=O)Nc1cc(C(=O)NC(CC(=O)O)c2ccc(C)cc2)ccc1N1CCN(C(=O)c2ccc3c(c2)OCO3)CC1. The first-order valence-electron chi connectivity index (χ1n) is 14.9.